The lowest BCUT2D eigenvalue weighted by Gasteiger charge is -2.33. The summed E-state index contributed by atoms with van der Waals surface area (Å²) in [5.41, 5.74) is 1.68. The van der Waals surface area contributed by atoms with Crippen molar-refractivity contribution in [3.05, 3.63) is 54.1 Å². The first-order valence-corrected chi connectivity index (χ1v) is 10.1. The van der Waals surface area contributed by atoms with Crippen LogP contribution in [0.1, 0.15) is 18.4 Å². The average Bonchev–Trinajstić information content (AvgIpc) is 2.80. The summed E-state index contributed by atoms with van der Waals surface area (Å²) in [4.78, 5) is 38.1. The van der Waals surface area contributed by atoms with Crippen LogP contribution in [0, 0.1) is 6.92 Å². The quantitative estimate of drug-likeness (QED) is 0.514. The monoisotopic (exact) mass is 426 g/mol. The first kappa shape index (κ1) is 22.1. The molecule has 1 atom stereocenters. The second kappa shape index (κ2) is 10.5. The van der Waals surface area contributed by atoms with Crippen molar-refractivity contribution in [1.82, 2.24) is 5.32 Å². The predicted molar refractivity (Wildman–Crippen MR) is 114 cm³/mol. The van der Waals surface area contributed by atoms with Crippen molar-refractivity contribution < 1.29 is 28.6 Å². The number of hydrogen-bond acceptors (Lipinski definition) is 6. The molecule has 1 unspecified atom stereocenters. The molecule has 2 aromatic rings. The first-order chi connectivity index (χ1) is 15.0. The minimum absolute atomic E-state index is 0.0391. The minimum atomic E-state index is -0.835. The molecule has 1 heterocycles. The van der Waals surface area contributed by atoms with Gasteiger partial charge in [-0.05, 0) is 37.6 Å². The third-order valence-corrected chi connectivity index (χ3v) is 4.79. The number of nitrogens with one attached hydrogen (secondary N) is 1. The van der Waals surface area contributed by atoms with E-state index in [2.05, 4.69) is 5.32 Å². The van der Waals surface area contributed by atoms with E-state index in [0.29, 0.717) is 24.5 Å². The lowest BCUT2D eigenvalue weighted by Crippen LogP contribution is -2.51. The van der Waals surface area contributed by atoms with Crippen LogP contribution < -0.4 is 19.7 Å². The van der Waals surface area contributed by atoms with E-state index in [4.69, 9.17) is 14.2 Å². The number of aryl methyl sites for hydroxylation is 1. The van der Waals surface area contributed by atoms with Crippen LogP contribution in [0.5, 0.6) is 11.5 Å². The molecule has 0 saturated heterocycles. The van der Waals surface area contributed by atoms with Crippen molar-refractivity contribution in [2.75, 3.05) is 31.7 Å². The Morgan fingerprint density at radius 2 is 1.87 bits per heavy atom. The summed E-state index contributed by atoms with van der Waals surface area (Å²) >= 11 is 0. The molecule has 0 aromatic heterocycles. The molecule has 3 rings (SSSR count). The lowest BCUT2D eigenvalue weighted by atomic mass is 10.1. The standard InChI is InChI=1S/C23H26N2O6/c1-16-9-11-17(12-10-16)29-13-5-8-22(27)30-15-21(26)25-14-20(23(28)24-2)31-19-7-4-3-6-18(19)25/h3-4,6-7,9-12,20H,5,8,13-15H2,1-2H3,(H,24,28). The summed E-state index contributed by atoms with van der Waals surface area (Å²) in [7, 11) is 1.50. The largest absolute Gasteiger partial charge is 0.494 e. The van der Waals surface area contributed by atoms with E-state index in [1.807, 2.05) is 31.2 Å². The zero-order valence-electron chi connectivity index (χ0n) is 17.6. The first-order valence-electron chi connectivity index (χ1n) is 10.1. The number of para-hydroxylation sites is 2. The van der Waals surface area contributed by atoms with Crippen molar-refractivity contribution in [2.24, 2.45) is 0 Å². The van der Waals surface area contributed by atoms with Gasteiger partial charge in [-0.3, -0.25) is 14.4 Å². The number of anilines is 1. The second-order valence-electron chi connectivity index (χ2n) is 7.12. The highest BCUT2D eigenvalue weighted by atomic mass is 16.5. The summed E-state index contributed by atoms with van der Waals surface area (Å²) < 4.78 is 16.4. The van der Waals surface area contributed by atoms with E-state index in [1.54, 1.807) is 24.3 Å². The van der Waals surface area contributed by atoms with Gasteiger partial charge < -0.3 is 24.4 Å². The van der Waals surface area contributed by atoms with Gasteiger partial charge in [-0.1, -0.05) is 29.8 Å². The smallest absolute Gasteiger partial charge is 0.306 e. The molecule has 8 nitrogen and oxygen atoms in total. The summed E-state index contributed by atoms with van der Waals surface area (Å²) in [6.07, 6.45) is -0.224. The molecule has 0 fully saturated rings. The summed E-state index contributed by atoms with van der Waals surface area (Å²) in [6.45, 7) is 2.00. The molecular weight excluding hydrogens is 400 g/mol. The fourth-order valence-electron chi connectivity index (χ4n) is 3.10. The molecule has 164 valence electrons. The van der Waals surface area contributed by atoms with E-state index < -0.39 is 24.6 Å². The van der Waals surface area contributed by atoms with E-state index in [1.165, 1.54) is 11.9 Å². The highest BCUT2D eigenvalue weighted by Crippen LogP contribution is 2.33. The Morgan fingerprint density at radius 1 is 1.13 bits per heavy atom. The number of hydrogen-bond donors (Lipinski definition) is 1. The Hall–Kier alpha value is -3.55. The molecule has 0 saturated carbocycles. The van der Waals surface area contributed by atoms with Crippen LogP contribution in [0.15, 0.2) is 48.5 Å². The fraction of sp³-hybridized carbons (Fsp3) is 0.348. The van der Waals surface area contributed by atoms with E-state index >= 15 is 0 Å². The number of rotatable bonds is 8. The molecule has 1 aliphatic heterocycles. The van der Waals surface area contributed by atoms with E-state index in [0.717, 1.165) is 11.3 Å². The number of fused-ring (bicyclic) bond motifs is 1. The zero-order chi connectivity index (χ0) is 22.2. The van der Waals surface area contributed by atoms with Crippen molar-refractivity contribution >= 4 is 23.5 Å². The molecule has 2 aromatic carbocycles. The maximum Gasteiger partial charge on any atom is 0.306 e. The van der Waals surface area contributed by atoms with Gasteiger partial charge in [-0.25, -0.2) is 0 Å². The number of ether oxygens (including phenoxy) is 3. The van der Waals surface area contributed by atoms with Gasteiger partial charge in [0.2, 0.25) is 0 Å². The fourth-order valence-corrected chi connectivity index (χ4v) is 3.10. The van der Waals surface area contributed by atoms with Crippen LogP contribution >= 0.6 is 0 Å². The Balaban J connectivity index is 1.47. The molecule has 1 N–H and O–H groups in total. The maximum absolute atomic E-state index is 12.7. The highest BCUT2D eigenvalue weighted by Gasteiger charge is 2.33. The molecule has 8 heteroatoms. The van der Waals surface area contributed by atoms with Crippen molar-refractivity contribution in [1.29, 1.82) is 0 Å². The Labute approximate surface area is 181 Å². The van der Waals surface area contributed by atoms with Gasteiger partial charge in [-0.15, -0.1) is 0 Å². The van der Waals surface area contributed by atoms with Crippen LogP contribution in [0.25, 0.3) is 0 Å². The van der Waals surface area contributed by atoms with Crippen LogP contribution in [-0.2, 0) is 19.1 Å². The van der Waals surface area contributed by atoms with Gasteiger partial charge in [0.15, 0.2) is 12.7 Å². The number of esters is 1. The number of amides is 2. The average molecular weight is 426 g/mol. The van der Waals surface area contributed by atoms with Crippen LogP contribution in [0.2, 0.25) is 0 Å². The third-order valence-electron chi connectivity index (χ3n) is 4.79. The van der Waals surface area contributed by atoms with Gasteiger partial charge in [0.1, 0.15) is 11.5 Å². The Morgan fingerprint density at radius 3 is 2.61 bits per heavy atom. The van der Waals surface area contributed by atoms with Crippen LogP contribution in [-0.4, -0.2) is 50.7 Å². The zero-order valence-corrected chi connectivity index (χ0v) is 17.6. The van der Waals surface area contributed by atoms with Crippen molar-refractivity contribution in [3.63, 3.8) is 0 Å². The third kappa shape index (κ3) is 5.97. The minimum Gasteiger partial charge on any atom is -0.494 e. The number of carbonyl (C=O) groups is 3. The number of nitrogens with zero attached hydrogens (tertiary/aromatic N) is 1. The summed E-state index contributed by atoms with van der Waals surface area (Å²) in [5, 5.41) is 2.52. The van der Waals surface area contributed by atoms with Crippen LogP contribution in [0.3, 0.4) is 0 Å². The Bertz CT molecular complexity index is 928. The number of likely N-dealkylation sites (N-methyl/N-ethyl adjacent to an activating group) is 1. The normalized spacial score (nSPS) is 14.8. The van der Waals surface area contributed by atoms with Crippen molar-refractivity contribution in [2.45, 2.75) is 25.9 Å². The number of carbonyl (C=O) groups excluding carboxylic acids is 3. The molecule has 1 aliphatic rings. The van der Waals surface area contributed by atoms with Gasteiger partial charge in [0, 0.05) is 13.5 Å². The molecule has 31 heavy (non-hydrogen) atoms. The molecule has 0 spiro atoms. The second-order valence-corrected chi connectivity index (χ2v) is 7.12. The molecule has 0 bridgehead atoms. The number of benzene rings is 2. The summed E-state index contributed by atoms with van der Waals surface area (Å²) in [6, 6.07) is 14.6. The maximum atomic E-state index is 12.7. The molecular formula is C23H26N2O6. The van der Waals surface area contributed by atoms with E-state index in [9.17, 15) is 14.4 Å². The SMILES string of the molecule is CNC(=O)C1CN(C(=O)COC(=O)CCCOc2ccc(C)cc2)c2ccccc2O1. The molecule has 0 radical (unpaired) electrons. The lowest BCUT2D eigenvalue weighted by molar-refractivity contribution is -0.148. The van der Waals surface area contributed by atoms with Gasteiger partial charge >= 0.3 is 5.97 Å². The van der Waals surface area contributed by atoms with Gasteiger partial charge in [0.25, 0.3) is 11.8 Å². The van der Waals surface area contributed by atoms with Gasteiger partial charge in [-0.2, -0.15) is 0 Å². The van der Waals surface area contributed by atoms with Crippen molar-refractivity contribution in [3.8, 4) is 11.5 Å². The molecule has 0 aliphatic carbocycles. The van der Waals surface area contributed by atoms with Crippen LogP contribution in [0.4, 0.5) is 5.69 Å². The topological polar surface area (TPSA) is 94.2 Å². The molecule has 2 amide bonds. The Kier molecular flexibility index (Phi) is 7.48. The summed E-state index contributed by atoms with van der Waals surface area (Å²) in [5.74, 6) is -0.0712. The highest BCUT2D eigenvalue weighted by molar-refractivity contribution is 5.98. The predicted octanol–water partition coefficient (Wildman–Crippen LogP) is 2.24. The van der Waals surface area contributed by atoms with Gasteiger partial charge in [0.05, 0.1) is 18.8 Å². The van der Waals surface area contributed by atoms with E-state index in [-0.39, 0.29) is 18.9 Å².